The van der Waals surface area contributed by atoms with Gasteiger partial charge in [0.25, 0.3) is 0 Å². The third-order valence-corrected chi connectivity index (χ3v) is 6.37. The molecule has 0 saturated carbocycles. The molecule has 1 aliphatic rings. The predicted octanol–water partition coefficient (Wildman–Crippen LogP) is 7.52. The fourth-order valence-electron chi connectivity index (χ4n) is 4.56. The van der Waals surface area contributed by atoms with Crippen LogP contribution in [0.4, 0.5) is 5.69 Å². The first-order chi connectivity index (χ1) is 16.0. The maximum Gasteiger partial charge on any atom is 0.0478 e. The second-order valence-electron chi connectivity index (χ2n) is 8.96. The molecule has 33 heavy (non-hydrogen) atoms. The van der Waals surface area contributed by atoms with E-state index in [1.807, 2.05) is 13.0 Å². The van der Waals surface area contributed by atoms with E-state index in [4.69, 9.17) is 4.98 Å². The maximum atomic E-state index is 4.75. The van der Waals surface area contributed by atoms with E-state index >= 15 is 0 Å². The van der Waals surface area contributed by atoms with Gasteiger partial charge in [0.05, 0.1) is 0 Å². The van der Waals surface area contributed by atoms with E-state index in [1.54, 1.807) is 0 Å². The van der Waals surface area contributed by atoms with E-state index in [2.05, 4.69) is 115 Å². The van der Waals surface area contributed by atoms with Gasteiger partial charge in [0, 0.05) is 59.0 Å². The zero-order valence-electron chi connectivity index (χ0n) is 19.5. The van der Waals surface area contributed by atoms with E-state index < -0.39 is 0 Å². The monoisotopic (exact) mass is 431 g/mol. The van der Waals surface area contributed by atoms with Crippen LogP contribution in [-0.2, 0) is 7.05 Å². The van der Waals surface area contributed by atoms with Gasteiger partial charge in [0.1, 0.15) is 0 Å². The maximum absolute atomic E-state index is 4.75. The van der Waals surface area contributed by atoms with E-state index in [0.29, 0.717) is 5.92 Å². The minimum atomic E-state index is 0.307. The minimum Gasteiger partial charge on any atom is -0.351 e. The highest BCUT2D eigenvalue weighted by atomic mass is 15.1. The summed E-state index contributed by atoms with van der Waals surface area (Å²) in [5, 5.41) is 1.26. The van der Waals surface area contributed by atoms with E-state index in [1.165, 1.54) is 27.7 Å². The van der Waals surface area contributed by atoms with Gasteiger partial charge < -0.3 is 9.47 Å². The molecule has 0 bridgehead atoms. The van der Waals surface area contributed by atoms with Crippen LogP contribution in [0, 0.1) is 6.92 Å². The summed E-state index contributed by atoms with van der Waals surface area (Å²) in [7, 11) is 2.08. The molecule has 1 aliphatic heterocycles. The summed E-state index contributed by atoms with van der Waals surface area (Å²) in [6, 6.07) is 23.9. The fraction of sp³-hybridized carbons (Fsp3) is 0.167. The quantitative estimate of drug-likeness (QED) is 0.326. The van der Waals surface area contributed by atoms with Crippen LogP contribution in [0.2, 0.25) is 0 Å². The molecule has 2 aromatic carbocycles. The molecular formula is C30H29N3. The molecule has 1 unspecified atom stereocenters. The molecule has 1 atom stereocenters. The first kappa shape index (κ1) is 21.0. The van der Waals surface area contributed by atoms with E-state index in [-0.39, 0.29) is 0 Å². The molecule has 0 fully saturated rings. The first-order valence-electron chi connectivity index (χ1n) is 11.4. The van der Waals surface area contributed by atoms with Crippen LogP contribution in [-0.4, -0.2) is 9.55 Å². The first-order valence-corrected chi connectivity index (χ1v) is 11.4. The standard InChI is InChI=1S/C30H29N3/c1-21-13-16-33(28(17-21)18-22(2)29-10-5-7-23(3)31-29)27-9-6-8-24(20-27)25-11-12-30-26(19-25)14-15-32(30)4/h5-17,19-20,22H,1,18H2,2-4H3. The van der Waals surface area contributed by atoms with Crippen molar-refractivity contribution in [2.75, 3.05) is 4.90 Å². The Morgan fingerprint density at radius 1 is 0.970 bits per heavy atom. The summed E-state index contributed by atoms with van der Waals surface area (Å²) < 4.78 is 2.16. The van der Waals surface area contributed by atoms with Gasteiger partial charge in [-0.15, -0.1) is 0 Å². The average Bonchev–Trinajstić information content (AvgIpc) is 3.19. The van der Waals surface area contributed by atoms with Crippen molar-refractivity contribution in [3.63, 3.8) is 0 Å². The number of pyridine rings is 1. The highest BCUT2D eigenvalue weighted by Gasteiger charge is 2.18. The zero-order valence-corrected chi connectivity index (χ0v) is 19.5. The van der Waals surface area contributed by atoms with Crippen LogP contribution in [0.1, 0.15) is 30.7 Å². The van der Waals surface area contributed by atoms with Crippen LogP contribution in [0.3, 0.4) is 0 Å². The lowest BCUT2D eigenvalue weighted by Crippen LogP contribution is -2.19. The Bertz CT molecular complexity index is 1400. The molecule has 3 heterocycles. The molecule has 0 aliphatic carbocycles. The number of allylic oxidation sites excluding steroid dienone is 4. The third-order valence-electron chi connectivity index (χ3n) is 6.37. The van der Waals surface area contributed by atoms with E-state index in [9.17, 15) is 0 Å². The summed E-state index contributed by atoms with van der Waals surface area (Å²) in [6.45, 7) is 8.47. The van der Waals surface area contributed by atoms with Crippen LogP contribution in [0.15, 0.2) is 109 Å². The van der Waals surface area contributed by atoms with Crippen molar-refractivity contribution < 1.29 is 0 Å². The van der Waals surface area contributed by atoms with E-state index in [0.717, 1.165) is 29.1 Å². The molecule has 0 N–H and O–H groups in total. The summed E-state index contributed by atoms with van der Waals surface area (Å²) in [6.07, 6.45) is 9.39. The Labute approximate surface area is 196 Å². The molecule has 3 heteroatoms. The van der Waals surface area contributed by atoms with Gasteiger partial charge >= 0.3 is 0 Å². The molecule has 0 spiro atoms. The molecule has 0 radical (unpaired) electrons. The van der Waals surface area contributed by atoms with Crippen LogP contribution >= 0.6 is 0 Å². The minimum absolute atomic E-state index is 0.307. The van der Waals surface area contributed by atoms with Crippen LogP contribution < -0.4 is 4.90 Å². The number of rotatable bonds is 5. The highest BCUT2D eigenvalue weighted by molar-refractivity contribution is 5.86. The number of aromatic nitrogens is 2. The molecule has 164 valence electrons. The Morgan fingerprint density at radius 3 is 2.64 bits per heavy atom. The summed E-state index contributed by atoms with van der Waals surface area (Å²) in [5.74, 6) is 0.307. The highest BCUT2D eigenvalue weighted by Crippen LogP contribution is 2.34. The van der Waals surface area contributed by atoms with Crippen LogP contribution in [0.5, 0.6) is 0 Å². The Hall–Kier alpha value is -3.85. The molecular weight excluding hydrogens is 402 g/mol. The molecule has 0 amide bonds. The number of fused-ring (bicyclic) bond motifs is 1. The smallest absolute Gasteiger partial charge is 0.0478 e. The Kier molecular flexibility index (Phi) is 5.47. The topological polar surface area (TPSA) is 21.1 Å². The van der Waals surface area contributed by atoms with Gasteiger partial charge in [-0.25, -0.2) is 0 Å². The molecule has 0 saturated heterocycles. The Balaban J connectivity index is 1.46. The second-order valence-corrected chi connectivity index (χ2v) is 8.96. The van der Waals surface area contributed by atoms with Gasteiger partial charge in [-0.1, -0.05) is 37.8 Å². The van der Waals surface area contributed by atoms with Crippen molar-refractivity contribution in [1.29, 1.82) is 0 Å². The van der Waals surface area contributed by atoms with Crippen LogP contribution in [0.25, 0.3) is 22.0 Å². The summed E-state index contributed by atoms with van der Waals surface area (Å²) >= 11 is 0. The number of hydrogen-bond donors (Lipinski definition) is 0. The second kappa shape index (κ2) is 8.59. The summed E-state index contributed by atoms with van der Waals surface area (Å²) in [4.78, 5) is 7.03. The van der Waals surface area contributed by atoms with Gasteiger partial charge in [-0.3, -0.25) is 4.98 Å². The van der Waals surface area contributed by atoms with Crippen molar-refractivity contribution in [3.8, 4) is 11.1 Å². The van der Waals surface area contributed by atoms with Crippen molar-refractivity contribution >= 4 is 16.6 Å². The van der Waals surface area contributed by atoms with Gasteiger partial charge in [0.2, 0.25) is 0 Å². The Morgan fingerprint density at radius 2 is 1.79 bits per heavy atom. The van der Waals surface area contributed by atoms with Crippen molar-refractivity contribution in [1.82, 2.24) is 9.55 Å². The zero-order chi connectivity index (χ0) is 22.9. The number of anilines is 1. The van der Waals surface area contributed by atoms with Gasteiger partial charge in [0.15, 0.2) is 0 Å². The van der Waals surface area contributed by atoms with Crippen molar-refractivity contribution in [2.24, 2.45) is 7.05 Å². The molecule has 3 nitrogen and oxygen atoms in total. The largest absolute Gasteiger partial charge is 0.351 e. The average molecular weight is 432 g/mol. The molecule has 4 aromatic rings. The number of benzene rings is 2. The van der Waals surface area contributed by atoms with Crippen molar-refractivity contribution in [3.05, 3.63) is 121 Å². The predicted molar refractivity (Wildman–Crippen MR) is 139 cm³/mol. The van der Waals surface area contributed by atoms with Gasteiger partial charge in [-0.05, 0) is 84.7 Å². The molecule has 5 rings (SSSR count). The number of aryl methyl sites for hydroxylation is 2. The SMILES string of the molecule is C=C1C=CN(c2cccc(-c3ccc4c(ccn4C)c3)c2)C(CC(C)c2cccc(C)n2)=C1. The normalized spacial score (nSPS) is 14.6. The third kappa shape index (κ3) is 4.27. The lowest BCUT2D eigenvalue weighted by molar-refractivity contribution is 0.708. The fourth-order valence-corrected chi connectivity index (χ4v) is 4.56. The lowest BCUT2D eigenvalue weighted by Gasteiger charge is -2.29. The van der Waals surface area contributed by atoms with Crippen molar-refractivity contribution in [2.45, 2.75) is 26.2 Å². The lowest BCUT2D eigenvalue weighted by atomic mass is 9.97. The number of nitrogens with zero attached hydrogens (tertiary/aromatic N) is 3. The number of hydrogen-bond acceptors (Lipinski definition) is 2. The summed E-state index contributed by atoms with van der Waals surface area (Å²) in [5.41, 5.74) is 9.27. The van der Waals surface area contributed by atoms with Gasteiger partial charge in [-0.2, -0.15) is 0 Å². The molecule has 2 aromatic heterocycles.